The number of aromatic nitrogens is 4. The van der Waals surface area contributed by atoms with Crippen molar-refractivity contribution in [3.8, 4) is 39.9 Å². The van der Waals surface area contributed by atoms with E-state index in [-0.39, 0.29) is 0 Å². The van der Waals surface area contributed by atoms with Gasteiger partial charge in [0.25, 0.3) is 0 Å². The zero-order valence-electron chi connectivity index (χ0n) is 23.9. The van der Waals surface area contributed by atoms with Crippen LogP contribution in [0.5, 0.6) is 0 Å². The fourth-order valence-corrected chi connectivity index (χ4v) is 6.46. The van der Waals surface area contributed by atoms with Crippen molar-refractivity contribution >= 4 is 55.3 Å². The summed E-state index contributed by atoms with van der Waals surface area (Å²) in [6.07, 6.45) is 0. The van der Waals surface area contributed by atoms with Crippen molar-refractivity contribution in [1.82, 2.24) is 19.5 Å². The molecule has 0 N–H and O–H groups in total. The van der Waals surface area contributed by atoms with Crippen LogP contribution in [0, 0.1) is 0 Å². The van der Waals surface area contributed by atoms with Gasteiger partial charge in [0.05, 0.1) is 11.0 Å². The Morgan fingerprint density at radius 3 is 2.07 bits per heavy atom. The molecule has 3 heterocycles. The van der Waals surface area contributed by atoms with Gasteiger partial charge in [-0.15, -0.1) is 0 Å². The Kier molecular flexibility index (Phi) is 5.80. The lowest BCUT2D eigenvalue weighted by molar-refractivity contribution is 0.669. The molecule has 9 rings (SSSR count). The monoisotopic (exact) mass is 598 g/mol. The van der Waals surface area contributed by atoms with E-state index in [1.165, 1.54) is 5.56 Å². The van der Waals surface area contributed by atoms with Crippen molar-refractivity contribution in [3.05, 3.63) is 145 Å². The Morgan fingerprint density at radius 1 is 0.489 bits per heavy atom. The second-order valence-electron chi connectivity index (χ2n) is 11.0. The van der Waals surface area contributed by atoms with Crippen LogP contribution in [0.4, 0.5) is 0 Å². The molecule has 0 atom stereocenters. The lowest BCUT2D eigenvalue weighted by Crippen LogP contribution is -2.06. The molecule has 212 valence electrons. The number of halogens is 1. The number of furan rings is 1. The Morgan fingerprint density at radius 2 is 1.22 bits per heavy atom. The first-order chi connectivity index (χ1) is 22.2. The maximum Gasteiger partial charge on any atom is 0.238 e. The standard InChI is InChI=1S/C39H23ClN4O/c40-27-19-21-34-31(23-27)36-29(15-9-17-35(36)45-34)38-41-37(25-12-5-2-6-13-25)42-39(43-38)44-32-16-8-7-14-28(32)30-22-26(18-20-33(30)44)24-10-3-1-4-11-24/h1-23H. The summed E-state index contributed by atoms with van der Waals surface area (Å²) in [4.78, 5) is 15.3. The van der Waals surface area contributed by atoms with Gasteiger partial charge < -0.3 is 4.42 Å². The van der Waals surface area contributed by atoms with Gasteiger partial charge in [-0.2, -0.15) is 9.97 Å². The summed E-state index contributed by atoms with van der Waals surface area (Å²) in [5.74, 6) is 1.68. The zero-order valence-corrected chi connectivity index (χ0v) is 24.6. The van der Waals surface area contributed by atoms with E-state index in [0.717, 1.165) is 60.4 Å². The van der Waals surface area contributed by atoms with Crippen molar-refractivity contribution in [2.45, 2.75) is 0 Å². The van der Waals surface area contributed by atoms with Gasteiger partial charge in [-0.05, 0) is 53.6 Å². The summed E-state index contributed by atoms with van der Waals surface area (Å²) in [6, 6.07) is 47.1. The summed E-state index contributed by atoms with van der Waals surface area (Å²) < 4.78 is 8.36. The van der Waals surface area contributed by atoms with E-state index in [0.29, 0.717) is 22.6 Å². The number of benzene rings is 6. The second kappa shape index (κ2) is 10.2. The molecule has 0 aliphatic heterocycles. The van der Waals surface area contributed by atoms with Crippen molar-refractivity contribution in [2.24, 2.45) is 0 Å². The molecule has 0 aliphatic carbocycles. The van der Waals surface area contributed by atoms with Gasteiger partial charge in [-0.1, -0.05) is 109 Å². The molecule has 6 heteroatoms. The van der Waals surface area contributed by atoms with Crippen LogP contribution in [0.1, 0.15) is 0 Å². The van der Waals surface area contributed by atoms with Crippen LogP contribution in [0.3, 0.4) is 0 Å². The van der Waals surface area contributed by atoms with Crippen LogP contribution >= 0.6 is 11.6 Å². The van der Waals surface area contributed by atoms with Gasteiger partial charge in [0.1, 0.15) is 11.2 Å². The van der Waals surface area contributed by atoms with E-state index < -0.39 is 0 Å². The molecule has 0 saturated heterocycles. The molecule has 0 saturated carbocycles. The predicted octanol–water partition coefficient (Wildman–Crippen LogP) is 10.5. The van der Waals surface area contributed by atoms with Gasteiger partial charge in [-0.25, -0.2) is 4.98 Å². The molecule has 45 heavy (non-hydrogen) atoms. The molecule has 0 fully saturated rings. The highest BCUT2D eigenvalue weighted by molar-refractivity contribution is 6.32. The maximum atomic E-state index is 6.45. The number of rotatable bonds is 4. The molecule has 6 aromatic carbocycles. The van der Waals surface area contributed by atoms with E-state index in [2.05, 4.69) is 71.3 Å². The Hall–Kier alpha value is -5.78. The first kappa shape index (κ1) is 25.7. The smallest absolute Gasteiger partial charge is 0.238 e. The van der Waals surface area contributed by atoms with Crippen LogP contribution in [0.25, 0.3) is 83.6 Å². The molecule has 5 nitrogen and oxygen atoms in total. The average molecular weight is 599 g/mol. The first-order valence-electron chi connectivity index (χ1n) is 14.7. The normalized spacial score (nSPS) is 11.7. The summed E-state index contributed by atoms with van der Waals surface area (Å²) >= 11 is 6.45. The predicted molar refractivity (Wildman–Crippen MR) is 183 cm³/mol. The highest BCUT2D eigenvalue weighted by Gasteiger charge is 2.20. The molecule has 3 aromatic heterocycles. The summed E-state index contributed by atoms with van der Waals surface area (Å²) in [7, 11) is 0. The van der Waals surface area contributed by atoms with E-state index in [4.69, 9.17) is 31.0 Å². The van der Waals surface area contributed by atoms with E-state index in [1.54, 1.807) is 0 Å². The zero-order chi connectivity index (χ0) is 29.9. The number of hydrogen-bond donors (Lipinski definition) is 0. The molecule has 9 aromatic rings. The molecule has 0 spiro atoms. The minimum atomic E-state index is 0.542. The van der Waals surface area contributed by atoms with Crippen LogP contribution in [-0.2, 0) is 0 Å². The third-order valence-corrected chi connectivity index (χ3v) is 8.57. The second-order valence-corrected chi connectivity index (χ2v) is 11.5. The van der Waals surface area contributed by atoms with E-state index in [1.807, 2.05) is 72.8 Å². The quantitative estimate of drug-likeness (QED) is 0.202. The minimum Gasteiger partial charge on any atom is -0.456 e. The highest BCUT2D eigenvalue weighted by Crippen LogP contribution is 2.38. The van der Waals surface area contributed by atoms with Gasteiger partial charge in [0.15, 0.2) is 11.6 Å². The summed E-state index contributed by atoms with van der Waals surface area (Å²) in [6.45, 7) is 0. The van der Waals surface area contributed by atoms with Crippen molar-refractivity contribution in [2.75, 3.05) is 0 Å². The topological polar surface area (TPSA) is 56.7 Å². The van der Waals surface area contributed by atoms with Crippen LogP contribution in [0.2, 0.25) is 5.02 Å². The lowest BCUT2D eigenvalue weighted by atomic mass is 10.0. The molecular weight excluding hydrogens is 576 g/mol. The third kappa shape index (κ3) is 4.20. The molecule has 0 unspecified atom stereocenters. The van der Waals surface area contributed by atoms with Gasteiger partial charge in [0, 0.05) is 37.7 Å². The number of hydrogen-bond acceptors (Lipinski definition) is 4. The van der Waals surface area contributed by atoms with Crippen LogP contribution in [-0.4, -0.2) is 19.5 Å². The SMILES string of the molecule is Clc1ccc2oc3cccc(-c4nc(-c5ccccc5)nc(-n5c6ccccc6c6cc(-c7ccccc7)ccc65)n4)c3c2c1. The summed E-state index contributed by atoms with van der Waals surface area (Å²) in [5, 5.41) is 4.74. The van der Waals surface area contributed by atoms with Gasteiger partial charge in [0.2, 0.25) is 5.95 Å². The fourth-order valence-electron chi connectivity index (χ4n) is 6.29. The average Bonchev–Trinajstić information content (AvgIpc) is 3.64. The Bertz CT molecular complexity index is 2550. The van der Waals surface area contributed by atoms with E-state index >= 15 is 0 Å². The minimum absolute atomic E-state index is 0.542. The van der Waals surface area contributed by atoms with Gasteiger partial charge in [-0.3, -0.25) is 4.57 Å². The summed E-state index contributed by atoms with van der Waals surface area (Å²) in [5.41, 5.74) is 7.63. The Labute approximate surface area is 263 Å². The molecule has 0 bridgehead atoms. The van der Waals surface area contributed by atoms with Gasteiger partial charge >= 0.3 is 0 Å². The lowest BCUT2D eigenvalue weighted by Gasteiger charge is -2.11. The molecule has 0 aliphatic rings. The molecule has 0 radical (unpaired) electrons. The van der Waals surface area contributed by atoms with E-state index in [9.17, 15) is 0 Å². The highest BCUT2D eigenvalue weighted by atomic mass is 35.5. The fraction of sp³-hybridized carbons (Fsp3) is 0. The molecular formula is C39H23ClN4O. The van der Waals surface area contributed by atoms with Crippen LogP contribution in [0.15, 0.2) is 144 Å². The number of nitrogens with zero attached hydrogens (tertiary/aromatic N) is 4. The maximum absolute atomic E-state index is 6.45. The molecule has 0 amide bonds. The first-order valence-corrected chi connectivity index (χ1v) is 15.1. The number of para-hydroxylation sites is 1. The van der Waals surface area contributed by atoms with Crippen LogP contribution < -0.4 is 0 Å². The third-order valence-electron chi connectivity index (χ3n) is 8.33. The van der Waals surface area contributed by atoms with Crippen molar-refractivity contribution in [3.63, 3.8) is 0 Å². The largest absolute Gasteiger partial charge is 0.456 e. The Balaban J connectivity index is 1.35. The van der Waals surface area contributed by atoms with Crippen molar-refractivity contribution in [1.29, 1.82) is 0 Å². The van der Waals surface area contributed by atoms with Crippen molar-refractivity contribution < 1.29 is 4.42 Å². The number of fused-ring (bicyclic) bond motifs is 6.